The number of aromatic hydroxyl groups is 1. The van der Waals surface area contributed by atoms with Crippen molar-refractivity contribution < 1.29 is 29.4 Å². The minimum atomic E-state index is -1.25. The SMILES string of the molecule is O=C(O)C(CS)NC(=O)C(Cc1ccc(O)cc1)NC(=O)C(Cc1ccccc1)NC(=O)C1CCCN1. The van der Waals surface area contributed by atoms with E-state index in [4.69, 9.17) is 0 Å². The molecule has 11 heteroatoms. The van der Waals surface area contributed by atoms with E-state index in [1.165, 1.54) is 12.1 Å². The van der Waals surface area contributed by atoms with Crippen molar-refractivity contribution in [3.05, 3.63) is 65.7 Å². The summed E-state index contributed by atoms with van der Waals surface area (Å²) in [5.74, 6) is -2.93. The molecule has 1 heterocycles. The largest absolute Gasteiger partial charge is 0.508 e. The lowest BCUT2D eigenvalue weighted by atomic mass is 10.0. The molecule has 3 amide bonds. The Kier molecular flexibility index (Phi) is 10.3. The zero-order valence-electron chi connectivity index (χ0n) is 20.2. The van der Waals surface area contributed by atoms with Crippen LogP contribution >= 0.6 is 12.6 Å². The number of phenols is 1. The Labute approximate surface area is 220 Å². The van der Waals surface area contributed by atoms with Crippen molar-refractivity contribution in [1.82, 2.24) is 21.3 Å². The molecule has 0 aliphatic carbocycles. The number of carbonyl (C=O) groups excluding carboxylic acids is 3. The molecule has 10 nitrogen and oxygen atoms in total. The summed E-state index contributed by atoms with van der Waals surface area (Å²) in [5, 5.41) is 29.9. The first-order valence-corrected chi connectivity index (χ1v) is 12.7. The van der Waals surface area contributed by atoms with Crippen molar-refractivity contribution >= 4 is 36.3 Å². The highest BCUT2D eigenvalue weighted by molar-refractivity contribution is 7.80. The number of thiol groups is 1. The van der Waals surface area contributed by atoms with E-state index >= 15 is 0 Å². The van der Waals surface area contributed by atoms with E-state index in [0.717, 1.165) is 18.5 Å². The number of nitrogens with one attached hydrogen (secondary N) is 4. The third kappa shape index (κ3) is 8.50. The molecular weight excluding hydrogens is 496 g/mol. The van der Waals surface area contributed by atoms with Gasteiger partial charge in [-0.1, -0.05) is 42.5 Å². The highest BCUT2D eigenvalue weighted by Crippen LogP contribution is 2.13. The van der Waals surface area contributed by atoms with Crippen LogP contribution in [0.4, 0.5) is 0 Å². The summed E-state index contributed by atoms with van der Waals surface area (Å²) in [6.45, 7) is 0.721. The number of amides is 3. The molecule has 0 spiro atoms. The molecule has 2 aromatic carbocycles. The number of hydrogen-bond donors (Lipinski definition) is 7. The zero-order chi connectivity index (χ0) is 26.8. The first-order valence-electron chi connectivity index (χ1n) is 12.1. The minimum absolute atomic E-state index is 0.0347. The molecule has 4 atom stereocenters. The quantitative estimate of drug-likeness (QED) is 0.197. The van der Waals surface area contributed by atoms with Crippen LogP contribution in [-0.4, -0.2) is 70.4 Å². The average Bonchev–Trinajstić information content (AvgIpc) is 3.43. The maximum absolute atomic E-state index is 13.4. The predicted octanol–water partition coefficient (Wildman–Crippen LogP) is 0.398. The van der Waals surface area contributed by atoms with E-state index < -0.39 is 42.0 Å². The third-order valence-electron chi connectivity index (χ3n) is 6.10. The Hall–Kier alpha value is -3.57. The maximum atomic E-state index is 13.4. The summed E-state index contributed by atoms with van der Waals surface area (Å²) in [6, 6.07) is 11.5. The van der Waals surface area contributed by atoms with Gasteiger partial charge in [0.2, 0.25) is 17.7 Å². The molecule has 4 unspecified atom stereocenters. The van der Waals surface area contributed by atoms with Crippen LogP contribution in [-0.2, 0) is 32.0 Å². The highest BCUT2D eigenvalue weighted by Gasteiger charge is 2.31. The first-order chi connectivity index (χ1) is 17.8. The van der Waals surface area contributed by atoms with E-state index in [9.17, 15) is 29.4 Å². The number of carboxylic acids is 1. The number of carboxylic acid groups (broad SMARTS) is 1. The fraction of sp³-hybridized carbons (Fsp3) is 0.385. The third-order valence-corrected chi connectivity index (χ3v) is 6.46. The van der Waals surface area contributed by atoms with E-state index in [0.29, 0.717) is 12.0 Å². The topological polar surface area (TPSA) is 157 Å². The second kappa shape index (κ2) is 13.7. The summed E-state index contributed by atoms with van der Waals surface area (Å²) in [7, 11) is 0. The summed E-state index contributed by atoms with van der Waals surface area (Å²) < 4.78 is 0. The molecule has 1 saturated heterocycles. The summed E-state index contributed by atoms with van der Waals surface area (Å²) in [5.41, 5.74) is 1.46. The molecule has 0 aromatic heterocycles. The van der Waals surface area contributed by atoms with Crippen molar-refractivity contribution in [2.75, 3.05) is 12.3 Å². The number of hydrogen-bond acceptors (Lipinski definition) is 7. The van der Waals surface area contributed by atoms with Crippen molar-refractivity contribution in [2.24, 2.45) is 0 Å². The van der Waals surface area contributed by atoms with Gasteiger partial charge in [0.15, 0.2) is 0 Å². The Morgan fingerprint density at radius 3 is 1.97 bits per heavy atom. The van der Waals surface area contributed by atoms with Gasteiger partial charge in [-0.2, -0.15) is 12.6 Å². The molecule has 0 radical (unpaired) electrons. The molecule has 1 fully saturated rings. The number of aliphatic carboxylic acids is 1. The maximum Gasteiger partial charge on any atom is 0.327 e. The van der Waals surface area contributed by atoms with Crippen molar-refractivity contribution in [2.45, 2.75) is 49.9 Å². The van der Waals surface area contributed by atoms with Crippen LogP contribution in [0.15, 0.2) is 54.6 Å². The van der Waals surface area contributed by atoms with Crippen LogP contribution in [0.25, 0.3) is 0 Å². The molecule has 198 valence electrons. The lowest BCUT2D eigenvalue weighted by Gasteiger charge is -2.25. The Bertz CT molecular complexity index is 1080. The number of rotatable bonds is 12. The van der Waals surface area contributed by atoms with Crippen LogP contribution in [0.5, 0.6) is 5.75 Å². The second-order valence-corrected chi connectivity index (χ2v) is 9.28. The molecule has 0 saturated carbocycles. The molecule has 37 heavy (non-hydrogen) atoms. The first kappa shape index (κ1) is 28.0. The monoisotopic (exact) mass is 528 g/mol. The standard InChI is InChI=1S/C26H32N4O6S/c31-18-10-8-17(9-11-18)14-21(25(34)30-22(15-37)26(35)36)29-24(33)20(13-16-5-2-1-3-6-16)28-23(32)19-7-4-12-27-19/h1-3,5-6,8-11,19-22,27,31,37H,4,7,12-15H2,(H,28,32)(H,29,33)(H,30,34)(H,35,36). The van der Waals surface area contributed by atoms with E-state index in [2.05, 4.69) is 33.9 Å². The van der Waals surface area contributed by atoms with Crippen LogP contribution in [0.1, 0.15) is 24.0 Å². The molecule has 6 N–H and O–H groups in total. The number of benzene rings is 2. The Morgan fingerprint density at radius 2 is 1.43 bits per heavy atom. The predicted molar refractivity (Wildman–Crippen MR) is 140 cm³/mol. The van der Waals surface area contributed by atoms with Crippen LogP contribution in [0.2, 0.25) is 0 Å². The fourth-order valence-corrected chi connectivity index (χ4v) is 4.29. The van der Waals surface area contributed by atoms with Crippen LogP contribution < -0.4 is 21.3 Å². The Morgan fingerprint density at radius 1 is 0.865 bits per heavy atom. The lowest BCUT2D eigenvalue weighted by molar-refractivity contribution is -0.141. The van der Waals surface area contributed by atoms with Crippen molar-refractivity contribution in [3.63, 3.8) is 0 Å². The van der Waals surface area contributed by atoms with Gasteiger partial charge in [0.05, 0.1) is 6.04 Å². The fourth-order valence-electron chi connectivity index (χ4n) is 4.05. The van der Waals surface area contributed by atoms with Gasteiger partial charge in [0.25, 0.3) is 0 Å². The lowest BCUT2D eigenvalue weighted by Crippen LogP contribution is -2.58. The van der Waals surface area contributed by atoms with Crippen LogP contribution in [0, 0.1) is 0 Å². The summed E-state index contributed by atoms with van der Waals surface area (Å²) in [6.07, 6.45) is 1.76. The van der Waals surface area contributed by atoms with Crippen molar-refractivity contribution in [3.8, 4) is 5.75 Å². The van der Waals surface area contributed by atoms with Gasteiger partial charge in [0.1, 0.15) is 23.9 Å². The van der Waals surface area contributed by atoms with Gasteiger partial charge < -0.3 is 31.5 Å². The van der Waals surface area contributed by atoms with Gasteiger partial charge >= 0.3 is 5.97 Å². The molecule has 0 bridgehead atoms. The molecule has 2 aromatic rings. The zero-order valence-corrected chi connectivity index (χ0v) is 21.1. The van der Waals surface area contributed by atoms with Gasteiger partial charge in [-0.25, -0.2) is 4.79 Å². The smallest absolute Gasteiger partial charge is 0.327 e. The van der Waals surface area contributed by atoms with Gasteiger partial charge in [-0.15, -0.1) is 0 Å². The number of carbonyl (C=O) groups is 4. The Balaban J connectivity index is 1.81. The normalized spacial score (nSPS) is 17.3. The van der Waals surface area contributed by atoms with E-state index in [1.54, 1.807) is 12.1 Å². The average molecular weight is 529 g/mol. The second-order valence-electron chi connectivity index (χ2n) is 8.91. The van der Waals surface area contributed by atoms with Crippen LogP contribution in [0.3, 0.4) is 0 Å². The minimum Gasteiger partial charge on any atom is -0.508 e. The summed E-state index contributed by atoms with van der Waals surface area (Å²) in [4.78, 5) is 50.8. The highest BCUT2D eigenvalue weighted by atomic mass is 32.1. The van der Waals surface area contributed by atoms with Gasteiger partial charge in [-0.05, 0) is 42.6 Å². The van der Waals surface area contributed by atoms with E-state index in [-0.39, 0.29) is 30.3 Å². The van der Waals surface area contributed by atoms with Crippen molar-refractivity contribution in [1.29, 1.82) is 0 Å². The summed E-state index contributed by atoms with van der Waals surface area (Å²) >= 11 is 3.98. The molecule has 3 rings (SSSR count). The van der Waals surface area contributed by atoms with Gasteiger partial charge in [0, 0.05) is 18.6 Å². The molecule has 1 aliphatic heterocycles. The van der Waals surface area contributed by atoms with E-state index in [1.807, 2.05) is 30.3 Å². The number of phenolic OH excluding ortho intramolecular Hbond substituents is 1. The molecular formula is C26H32N4O6S. The van der Waals surface area contributed by atoms with Gasteiger partial charge in [-0.3, -0.25) is 14.4 Å². The molecule has 1 aliphatic rings.